The lowest BCUT2D eigenvalue weighted by Crippen LogP contribution is -2.42. The highest BCUT2D eigenvalue weighted by molar-refractivity contribution is 9.10. The largest absolute Gasteiger partial charge is 0.480 e. The Morgan fingerprint density at radius 2 is 1.53 bits per heavy atom. The van der Waals surface area contributed by atoms with Gasteiger partial charge >= 0.3 is 13.6 Å². The van der Waals surface area contributed by atoms with Crippen LogP contribution in [0.1, 0.15) is 35.3 Å². The predicted octanol–water partition coefficient (Wildman–Crippen LogP) is 4.64. The Hall–Kier alpha value is -1.99. The van der Waals surface area contributed by atoms with E-state index >= 15 is 0 Å². The summed E-state index contributed by atoms with van der Waals surface area (Å²) in [5.41, 5.74) is 1.80. The third kappa shape index (κ3) is 7.36. The number of hydrogen-bond acceptors (Lipinski definition) is 5. The van der Waals surface area contributed by atoms with Gasteiger partial charge in [0.15, 0.2) is 0 Å². The average Bonchev–Trinajstić information content (AvgIpc) is 2.69. The molecule has 30 heavy (non-hydrogen) atoms. The fraction of sp³-hybridized carbons (Fsp3) is 0.333. The molecule has 0 radical (unpaired) electrons. The number of benzene rings is 2. The van der Waals surface area contributed by atoms with Gasteiger partial charge in [0.25, 0.3) is 5.91 Å². The minimum absolute atomic E-state index is 0.0951. The maximum absolute atomic E-state index is 12.6. The number of nitrogens with one attached hydrogen (secondary N) is 1. The van der Waals surface area contributed by atoms with Crippen LogP contribution >= 0.6 is 23.5 Å². The van der Waals surface area contributed by atoms with Gasteiger partial charge in [-0.05, 0) is 49.2 Å². The number of carbonyl (C=O) groups excluding carboxylic acids is 1. The van der Waals surface area contributed by atoms with Gasteiger partial charge in [0.1, 0.15) is 6.04 Å². The molecular formula is C21H25BrNO6P. The van der Waals surface area contributed by atoms with E-state index in [2.05, 4.69) is 21.2 Å². The Kier molecular flexibility index (Phi) is 9.24. The zero-order valence-electron chi connectivity index (χ0n) is 16.8. The number of carbonyl (C=O) groups is 2. The van der Waals surface area contributed by atoms with Crippen LogP contribution in [0.5, 0.6) is 0 Å². The predicted molar refractivity (Wildman–Crippen MR) is 118 cm³/mol. The van der Waals surface area contributed by atoms with E-state index in [1.165, 1.54) is 0 Å². The average molecular weight is 498 g/mol. The van der Waals surface area contributed by atoms with E-state index in [0.717, 1.165) is 10.0 Å². The molecule has 0 saturated heterocycles. The van der Waals surface area contributed by atoms with Crippen molar-refractivity contribution in [2.24, 2.45) is 0 Å². The quantitative estimate of drug-likeness (QED) is 0.438. The number of carboxylic acids is 1. The summed E-state index contributed by atoms with van der Waals surface area (Å²) in [6.07, 6.45) is 0.260. The minimum atomic E-state index is -3.24. The molecule has 0 spiro atoms. The van der Waals surface area contributed by atoms with Crippen LogP contribution in [0, 0.1) is 0 Å². The Balaban J connectivity index is 2.05. The van der Waals surface area contributed by atoms with Gasteiger partial charge in [-0.25, -0.2) is 4.79 Å². The van der Waals surface area contributed by atoms with E-state index in [1.54, 1.807) is 50.2 Å². The normalized spacial score (nSPS) is 12.4. The zero-order chi connectivity index (χ0) is 22.1. The molecular weight excluding hydrogens is 473 g/mol. The van der Waals surface area contributed by atoms with Crippen molar-refractivity contribution < 1.29 is 28.3 Å². The van der Waals surface area contributed by atoms with Gasteiger partial charge in [0.05, 0.1) is 19.4 Å². The van der Waals surface area contributed by atoms with E-state index in [1.807, 2.05) is 12.1 Å². The molecule has 0 heterocycles. The molecule has 0 aliphatic heterocycles. The Bertz CT molecular complexity index is 891. The first-order valence-corrected chi connectivity index (χ1v) is 12.0. The Morgan fingerprint density at radius 3 is 2.03 bits per heavy atom. The number of rotatable bonds is 11. The number of amides is 1. The second-order valence-electron chi connectivity index (χ2n) is 6.50. The molecule has 2 aromatic carbocycles. The first kappa shape index (κ1) is 24.3. The van der Waals surface area contributed by atoms with Gasteiger partial charge in [0.2, 0.25) is 0 Å². The summed E-state index contributed by atoms with van der Waals surface area (Å²) in [7, 11) is -3.24. The fourth-order valence-corrected chi connectivity index (χ4v) is 4.77. The smallest absolute Gasteiger partial charge is 0.335 e. The highest BCUT2D eigenvalue weighted by Gasteiger charge is 2.25. The van der Waals surface area contributed by atoms with Gasteiger partial charge in [0, 0.05) is 16.5 Å². The van der Waals surface area contributed by atoms with Crippen molar-refractivity contribution in [2.75, 3.05) is 13.2 Å². The minimum Gasteiger partial charge on any atom is -0.480 e. The zero-order valence-corrected chi connectivity index (χ0v) is 19.3. The van der Waals surface area contributed by atoms with Crippen LogP contribution in [0.15, 0.2) is 53.0 Å². The van der Waals surface area contributed by atoms with E-state index < -0.39 is 25.5 Å². The number of carboxylic acid groups (broad SMARTS) is 1. The highest BCUT2D eigenvalue weighted by Crippen LogP contribution is 2.51. The van der Waals surface area contributed by atoms with E-state index in [-0.39, 0.29) is 25.8 Å². The summed E-state index contributed by atoms with van der Waals surface area (Å²) >= 11 is 3.33. The molecule has 0 bridgehead atoms. The lowest BCUT2D eigenvalue weighted by Gasteiger charge is -2.17. The van der Waals surface area contributed by atoms with E-state index in [0.29, 0.717) is 11.1 Å². The monoisotopic (exact) mass is 497 g/mol. The third-order valence-electron chi connectivity index (χ3n) is 4.20. The van der Waals surface area contributed by atoms with Crippen molar-refractivity contribution in [1.29, 1.82) is 0 Å². The van der Waals surface area contributed by atoms with Crippen molar-refractivity contribution in [3.8, 4) is 0 Å². The van der Waals surface area contributed by atoms with Crippen molar-refractivity contribution in [3.63, 3.8) is 0 Å². The molecule has 162 valence electrons. The van der Waals surface area contributed by atoms with Crippen LogP contribution in [-0.4, -0.2) is 36.2 Å². The van der Waals surface area contributed by atoms with Crippen LogP contribution in [0.2, 0.25) is 0 Å². The summed E-state index contributed by atoms with van der Waals surface area (Å²) < 4.78 is 24.1. The molecule has 1 atom stereocenters. The summed E-state index contributed by atoms with van der Waals surface area (Å²) in [4.78, 5) is 24.1. The maximum atomic E-state index is 12.6. The van der Waals surface area contributed by atoms with Crippen molar-refractivity contribution in [3.05, 3.63) is 69.7 Å². The number of halogens is 1. The summed E-state index contributed by atoms with van der Waals surface area (Å²) in [5.74, 6) is -1.61. The van der Waals surface area contributed by atoms with Crippen LogP contribution in [0.4, 0.5) is 0 Å². The molecule has 0 aliphatic rings. The molecule has 7 nitrogen and oxygen atoms in total. The Morgan fingerprint density at radius 1 is 1.00 bits per heavy atom. The van der Waals surface area contributed by atoms with Crippen molar-refractivity contribution in [2.45, 2.75) is 32.5 Å². The molecule has 0 saturated carbocycles. The molecule has 0 fully saturated rings. The summed E-state index contributed by atoms with van der Waals surface area (Å²) in [6.45, 7) is 4.03. The second-order valence-corrected chi connectivity index (χ2v) is 9.47. The standard InChI is InChI=1S/C21H25BrNO6P/c1-3-28-30(27,29-4-2)14-16-5-9-17(10-6-16)20(24)23-19(21(25)26)13-15-7-11-18(22)12-8-15/h5-12,19H,3-4,13-14H2,1-2H3,(H,23,24)(H,25,26)/t19-/m0/s1. The molecule has 0 aromatic heterocycles. The topological polar surface area (TPSA) is 102 Å². The van der Waals surface area contributed by atoms with Gasteiger partial charge in [-0.1, -0.05) is 40.2 Å². The van der Waals surface area contributed by atoms with Crippen LogP contribution in [-0.2, 0) is 31.0 Å². The first-order chi connectivity index (χ1) is 14.3. The van der Waals surface area contributed by atoms with E-state index in [9.17, 15) is 19.3 Å². The number of aliphatic carboxylic acids is 1. The lowest BCUT2D eigenvalue weighted by atomic mass is 10.1. The summed E-state index contributed by atoms with van der Waals surface area (Å²) in [6, 6.07) is 12.6. The molecule has 9 heteroatoms. The molecule has 0 aliphatic carbocycles. The maximum Gasteiger partial charge on any atom is 0.335 e. The van der Waals surface area contributed by atoms with Crippen molar-refractivity contribution in [1.82, 2.24) is 5.32 Å². The highest BCUT2D eigenvalue weighted by atomic mass is 79.9. The van der Waals surface area contributed by atoms with Gasteiger partial charge in [-0.15, -0.1) is 0 Å². The fourth-order valence-electron chi connectivity index (χ4n) is 2.80. The van der Waals surface area contributed by atoms with Gasteiger partial charge in [-0.3, -0.25) is 9.36 Å². The summed E-state index contributed by atoms with van der Waals surface area (Å²) in [5, 5.41) is 12.0. The molecule has 1 amide bonds. The van der Waals surface area contributed by atoms with Gasteiger partial charge < -0.3 is 19.5 Å². The van der Waals surface area contributed by atoms with Crippen LogP contribution in [0.3, 0.4) is 0 Å². The third-order valence-corrected chi connectivity index (χ3v) is 6.78. The molecule has 2 rings (SSSR count). The SMILES string of the molecule is CCOP(=O)(Cc1ccc(C(=O)N[C@@H](Cc2ccc(Br)cc2)C(=O)O)cc1)OCC. The first-order valence-electron chi connectivity index (χ1n) is 9.51. The number of hydrogen-bond donors (Lipinski definition) is 2. The molecule has 2 N–H and O–H groups in total. The lowest BCUT2D eigenvalue weighted by molar-refractivity contribution is -0.139. The molecule has 2 aromatic rings. The second kappa shape index (κ2) is 11.4. The molecule has 0 unspecified atom stereocenters. The van der Waals surface area contributed by atoms with Crippen molar-refractivity contribution >= 4 is 35.4 Å². The van der Waals surface area contributed by atoms with Crippen LogP contribution in [0.25, 0.3) is 0 Å². The van der Waals surface area contributed by atoms with Gasteiger partial charge in [-0.2, -0.15) is 0 Å². The van der Waals surface area contributed by atoms with E-state index in [4.69, 9.17) is 9.05 Å². The van der Waals surface area contributed by atoms with Crippen LogP contribution < -0.4 is 5.32 Å². The Labute approximate surface area is 184 Å².